The molecule has 1 heterocycles. The molecule has 2 N–H and O–H groups in total. The number of amidine groups is 1. The molecule has 0 aromatic heterocycles. The number of hydrogen-bond donors (Lipinski definition) is 1. The van der Waals surface area contributed by atoms with E-state index in [0.717, 1.165) is 6.42 Å². The fourth-order valence-corrected chi connectivity index (χ4v) is 1.31. The van der Waals surface area contributed by atoms with Crippen LogP contribution in [0.2, 0.25) is 0 Å². The van der Waals surface area contributed by atoms with Crippen LogP contribution in [0.25, 0.3) is 0 Å². The lowest BCUT2D eigenvalue weighted by Gasteiger charge is -2.13. The first-order valence-corrected chi connectivity index (χ1v) is 3.27. The van der Waals surface area contributed by atoms with Crippen LogP contribution in [0.15, 0.2) is 4.99 Å². The molecule has 0 unspecified atom stereocenters. The van der Waals surface area contributed by atoms with Crippen molar-refractivity contribution in [3.63, 3.8) is 0 Å². The second-order valence-corrected chi connectivity index (χ2v) is 2.76. The van der Waals surface area contributed by atoms with E-state index in [1.54, 1.807) is 0 Å². The summed E-state index contributed by atoms with van der Waals surface area (Å²) < 4.78 is 5.16. The van der Waals surface area contributed by atoms with Crippen molar-refractivity contribution < 1.29 is 4.74 Å². The molecule has 50 valence electrons. The predicted octanol–water partition coefficient (Wildman–Crippen LogP) is 0.108. The first-order valence-electron chi connectivity index (χ1n) is 3.27. The summed E-state index contributed by atoms with van der Waals surface area (Å²) in [6.45, 7) is 2.08. The van der Waals surface area contributed by atoms with E-state index in [0.29, 0.717) is 24.1 Å². The van der Waals surface area contributed by atoms with E-state index in [1.807, 2.05) is 0 Å². The SMILES string of the molecule is C[C@@H]1N=C(N)O[C@@H]2C[C@H]12. The van der Waals surface area contributed by atoms with Crippen molar-refractivity contribution in [3.05, 3.63) is 0 Å². The predicted molar refractivity (Wildman–Crippen MR) is 34.1 cm³/mol. The smallest absolute Gasteiger partial charge is 0.282 e. The molecule has 3 heteroatoms. The molecule has 0 bridgehead atoms. The Morgan fingerprint density at radius 2 is 2.56 bits per heavy atom. The lowest BCUT2D eigenvalue weighted by Crippen LogP contribution is -2.26. The molecule has 0 aromatic rings. The summed E-state index contributed by atoms with van der Waals surface area (Å²) in [4.78, 5) is 4.08. The molecule has 1 fully saturated rings. The van der Waals surface area contributed by atoms with Gasteiger partial charge in [0.05, 0.1) is 6.04 Å². The average molecular weight is 126 g/mol. The summed E-state index contributed by atoms with van der Waals surface area (Å²) in [6, 6.07) is 0.769. The van der Waals surface area contributed by atoms with Crippen molar-refractivity contribution in [1.29, 1.82) is 0 Å². The highest BCUT2D eigenvalue weighted by molar-refractivity contribution is 5.73. The monoisotopic (exact) mass is 126 g/mol. The zero-order chi connectivity index (χ0) is 6.43. The van der Waals surface area contributed by atoms with Gasteiger partial charge in [-0.1, -0.05) is 0 Å². The summed E-state index contributed by atoms with van der Waals surface area (Å²) in [7, 11) is 0. The Bertz CT molecular complexity index is 166. The number of ether oxygens (including phenoxy) is 1. The van der Waals surface area contributed by atoms with Crippen LogP contribution < -0.4 is 5.73 Å². The summed E-state index contributed by atoms with van der Waals surface area (Å²) in [5, 5.41) is 0. The first kappa shape index (κ1) is 5.09. The number of fused-ring (bicyclic) bond motifs is 1. The number of rotatable bonds is 0. The zero-order valence-electron chi connectivity index (χ0n) is 5.37. The van der Waals surface area contributed by atoms with E-state index >= 15 is 0 Å². The second-order valence-electron chi connectivity index (χ2n) is 2.76. The third-order valence-electron chi connectivity index (χ3n) is 2.00. The van der Waals surface area contributed by atoms with Crippen molar-refractivity contribution in [1.82, 2.24) is 0 Å². The Kier molecular flexibility index (Phi) is 0.793. The zero-order valence-corrected chi connectivity index (χ0v) is 5.37. The number of nitrogens with zero attached hydrogens (tertiary/aromatic N) is 1. The lowest BCUT2D eigenvalue weighted by atomic mass is 10.2. The minimum absolute atomic E-state index is 0.376. The van der Waals surface area contributed by atoms with Crippen molar-refractivity contribution in [2.75, 3.05) is 0 Å². The van der Waals surface area contributed by atoms with Crippen molar-refractivity contribution >= 4 is 6.02 Å². The molecule has 0 amide bonds. The standard InChI is InChI=1S/C6H10N2O/c1-3-4-2-5(4)9-6(7)8-3/h3-5H,2H2,1H3,(H2,7,8)/t3-,4+,5+/m0/s1. The third-order valence-corrected chi connectivity index (χ3v) is 2.00. The van der Waals surface area contributed by atoms with Gasteiger partial charge in [-0.25, -0.2) is 4.99 Å². The van der Waals surface area contributed by atoms with Crippen LogP contribution in [0.1, 0.15) is 13.3 Å². The van der Waals surface area contributed by atoms with Gasteiger partial charge in [-0.15, -0.1) is 0 Å². The molecular weight excluding hydrogens is 116 g/mol. The number of hydrogen-bond acceptors (Lipinski definition) is 3. The molecule has 1 aliphatic heterocycles. The fraction of sp³-hybridized carbons (Fsp3) is 0.833. The van der Waals surface area contributed by atoms with Crippen molar-refractivity contribution in [2.45, 2.75) is 25.5 Å². The maximum atomic E-state index is 5.37. The highest BCUT2D eigenvalue weighted by Gasteiger charge is 2.46. The Morgan fingerprint density at radius 3 is 3.22 bits per heavy atom. The van der Waals surface area contributed by atoms with E-state index in [-0.39, 0.29) is 0 Å². The van der Waals surface area contributed by atoms with Gasteiger partial charge in [-0.3, -0.25) is 0 Å². The number of nitrogens with two attached hydrogens (primary N) is 1. The number of aliphatic imine (C=N–C) groups is 1. The van der Waals surface area contributed by atoms with Gasteiger partial charge in [-0.05, 0) is 13.3 Å². The van der Waals surface area contributed by atoms with Gasteiger partial charge in [-0.2, -0.15) is 0 Å². The molecule has 0 saturated heterocycles. The van der Waals surface area contributed by atoms with Gasteiger partial charge in [0.25, 0.3) is 6.02 Å². The van der Waals surface area contributed by atoms with E-state index in [9.17, 15) is 0 Å². The van der Waals surface area contributed by atoms with Crippen LogP contribution in [0, 0.1) is 5.92 Å². The summed E-state index contributed by atoms with van der Waals surface area (Å²) >= 11 is 0. The normalized spacial score (nSPS) is 46.8. The summed E-state index contributed by atoms with van der Waals surface area (Å²) in [5.41, 5.74) is 5.37. The van der Waals surface area contributed by atoms with E-state index < -0.39 is 0 Å². The van der Waals surface area contributed by atoms with E-state index in [2.05, 4.69) is 11.9 Å². The molecule has 0 radical (unpaired) electrons. The molecule has 9 heavy (non-hydrogen) atoms. The Morgan fingerprint density at radius 1 is 1.78 bits per heavy atom. The minimum atomic E-state index is 0.376. The summed E-state index contributed by atoms with van der Waals surface area (Å²) in [6.07, 6.45) is 1.54. The van der Waals surface area contributed by atoms with Crippen LogP contribution >= 0.6 is 0 Å². The molecule has 3 nitrogen and oxygen atoms in total. The molecular formula is C6H10N2O. The molecule has 0 spiro atoms. The highest BCUT2D eigenvalue weighted by atomic mass is 16.5. The quantitative estimate of drug-likeness (QED) is 0.500. The van der Waals surface area contributed by atoms with Crippen molar-refractivity contribution in [3.8, 4) is 0 Å². The van der Waals surface area contributed by atoms with Gasteiger partial charge >= 0.3 is 0 Å². The highest BCUT2D eigenvalue weighted by Crippen LogP contribution is 2.40. The average Bonchev–Trinajstić information content (AvgIpc) is 2.43. The van der Waals surface area contributed by atoms with Crippen LogP contribution in [-0.4, -0.2) is 18.2 Å². The Balaban J connectivity index is 2.16. The topological polar surface area (TPSA) is 47.6 Å². The summed E-state index contributed by atoms with van der Waals surface area (Å²) in [5.74, 6) is 0.664. The van der Waals surface area contributed by atoms with Gasteiger partial charge in [0.2, 0.25) is 0 Å². The van der Waals surface area contributed by atoms with Gasteiger partial charge in [0, 0.05) is 5.92 Å². The molecule has 1 saturated carbocycles. The molecule has 3 atom stereocenters. The van der Waals surface area contributed by atoms with Crippen LogP contribution in [0.3, 0.4) is 0 Å². The second kappa shape index (κ2) is 1.40. The molecule has 0 aromatic carbocycles. The maximum Gasteiger partial charge on any atom is 0.282 e. The van der Waals surface area contributed by atoms with Crippen LogP contribution in [-0.2, 0) is 4.74 Å². The Labute approximate surface area is 53.9 Å². The van der Waals surface area contributed by atoms with Crippen LogP contribution in [0.5, 0.6) is 0 Å². The van der Waals surface area contributed by atoms with Gasteiger partial charge in [0.15, 0.2) is 0 Å². The molecule has 2 aliphatic rings. The molecule has 1 aliphatic carbocycles. The van der Waals surface area contributed by atoms with E-state index in [1.165, 1.54) is 0 Å². The van der Waals surface area contributed by atoms with Crippen molar-refractivity contribution in [2.24, 2.45) is 16.6 Å². The Hall–Kier alpha value is -0.730. The van der Waals surface area contributed by atoms with Gasteiger partial charge in [0.1, 0.15) is 6.10 Å². The fourth-order valence-electron chi connectivity index (χ4n) is 1.31. The lowest BCUT2D eigenvalue weighted by molar-refractivity contribution is 0.239. The molecule has 2 rings (SSSR count). The van der Waals surface area contributed by atoms with E-state index in [4.69, 9.17) is 10.5 Å². The minimum Gasteiger partial charge on any atom is -0.462 e. The van der Waals surface area contributed by atoms with Gasteiger partial charge < -0.3 is 10.5 Å². The third kappa shape index (κ3) is 0.677. The first-order chi connectivity index (χ1) is 4.27. The largest absolute Gasteiger partial charge is 0.462 e. The van der Waals surface area contributed by atoms with Crippen LogP contribution in [0.4, 0.5) is 0 Å². The maximum absolute atomic E-state index is 5.37.